The zero-order valence-electron chi connectivity index (χ0n) is 4.93. The van der Waals surface area contributed by atoms with Crippen LogP contribution in [-0.4, -0.2) is 31.3 Å². The van der Waals surface area contributed by atoms with Crippen molar-refractivity contribution in [1.29, 1.82) is 0 Å². The van der Waals surface area contributed by atoms with E-state index in [4.69, 9.17) is 10.2 Å². The Morgan fingerprint density at radius 3 is 1.56 bits per heavy atom. The smallest absolute Gasteiger partial charge is 0.0654 e. The van der Waals surface area contributed by atoms with E-state index in [0.717, 1.165) is 0 Å². The fourth-order valence-electron chi connectivity index (χ4n) is 0.440. The second-order valence-electron chi connectivity index (χ2n) is 1.85. The zero-order chi connectivity index (χ0) is 7.28. The first-order valence-electron chi connectivity index (χ1n) is 2.68. The monoisotopic (exact) mass is 356 g/mol. The molecule has 0 aromatic rings. The van der Waals surface area contributed by atoms with E-state index in [0.29, 0.717) is 15.3 Å². The van der Waals surface area contributed by atoms with Crippen molar-refractivity contribution in [2.45, 2.75) is 18.6 Å². The lowest BCUT2D eigenvalue weighted by Crippen LogP contribution is -2.19. The summed E-state index contributed by atoms with van der Waals surface area (Å²) in [6, 6.07) is 0. The number of aliphatic hydroxyl groups is 2. The molecule has 56 valence electrons. The molecule has 0 aromatic carbocycles. The van der Waals surface area contributed by atoms with E-state index in [1.54, 1.807) is 0 Å². The fraction of sp³-hybridized carbons (Fsp3) is 1.00. The summed E-state index contributed by atoms with van der Waals surface area (Å²) in [6.45, 7) is 0. The van der Waals surface area contributed by atoms with Crippen molar-refractivity contribution < 1.29 is 10.2 Å². The van der Waals surface area contributed by atoms with Gasteiger partial charge in [0.25, 0.3) is 0 Å². The highest BCUT2D eigenvalue weighted by molar-refractivity contribution is 14.1. The first kappa shape index (κ1) is 10.4. The molecular formula is C5H10I2O2. The Kier molecular flexibility index (Phi) is 7.05. The summed E-state index contributed by atoms with van der Waals surface area (Å²) in [4.78, 5) is 0. The van der Waals surface area contributed by atoms with Gasteiger partial charge >= 0.3 is 0 Å². The molecule has 0 aliphatic heterocycles. The van der Waals surface area contributed by atoms with E-state index in [1.165, 1.54) is 0 Å². The molecular weight excluding hydrogens is 346 g/mol. The lowest BCUT2D eigenvalue weighted by atomic mass is 10.2. The van der Waals surface area contributed by atoms with Crippen molar-refractivity contribution in [1.82, 2.24) is 0 Å². The number of halogens is 2. The molecule has 0 rings (SSSR count). The maximum Gasteiger partial charge on any atom is 0.0654 e. The third kappa shape index (κ3) is 5.81. The van der Waals surface area contributed by atoms with Crippen LogP contribution in [-0.2, 0) is 0 Å². The first-order chi connectivity index (χ1) is 4.20. The second-order valence-corrected chi connectivity index (χ2v) is 3.61. The molecule has 0 bridgehead atoms. The molecule has 4 heteroatoms. The summed E-state index contributed by atoms with van der Waals surface area (Å²) in [6.07, 6.45) is -0.169. The van der Waals surface area contributed by atoms with Gasteiger partial charge in [0.1, 0.15) is 0 Å². The number of rotatable bonds is 4. The molecule has 2 N–H and O–H groups in total. The molecule has 2 atom stereocenters. The van der Waals surface area contributed by atoms with Gasteiger partial charge in [0.05, 0.1) is 12.2 Å². The maximum absolute atomic E-state index is 8.99. The fourth-order valence-corrected chi connectivity index (χ4v) is 1.16. The minimum absolute atomic E-state index is 0.338. The summed E-state index contributed by atoms with van der Waals surface area (Å²) in [5, 5.41) is 18.0. The molecule has 0 radical (unpaired) electrons. The minimum Gasteiger partial charge on any atom is -0.392 e. The molecule has 0 saturated heterocycles. The summed E-state index contributed by atoms with van der Waals surface area (Å²) < 4.78 is 1.40. The first-order valence-corrected chi connectivity index (χ1v) is 5.74. The largest absolute Gasteiger partial charge is 0.392 e. The summed E-state index contributed by atoms with van der Waals surface area (Å²) in [7, 11) is 0. The zero-order valence-corrected chi connectivity index (χ0v) is 9.24. The average molecular weight is 356 g/mol. The van der Waals surface area contributed by atoms with Crippen molar-refractivity contribution in [3.8, 4) is 0 Å². The van der Waals surface area contributed by atoms with Crippen LogP contribution in [0.3, 0.4) is 0 Å². The Morgan fingerprint density at radius 2 is 1.33 bits per heavy atom. The molecule has 0 aliphatic rings. The Hall–Kier alpha value is 1.38. The van der Waals surface area contributed by atoms with Gasteiger partial charge in [0.2, 0.25) is 0 Å². The van der Waals surface area contributed by atoms with Crippen LogP contribution in [0.5, 0.6) is 0 Å². The van der Waals surface area contributed by atoms with Crippen LogP contribution in [0.15, 0.2) is 0 Å². The van der Waals surface area contributed by atoms with Crippen LogP contribution < -0.4 is 0 Å². The minimum atomic E-state index is -0.338. The van der Waals surface area contributed by atoms with Gasteiger partial charge in [0.15, 0.2) is 0 Å². The summed E-state index contributed by atoms with van der Waals surface area (Å²) in [5.41, 5.74) is 0. The topological polar surface area (TPSA) is 40.5 Å². The van der Waals surface area contributed by atoms with Crippen LogP contribution in [0.4, 0.5) is 0 Å². The number of alkyl halides is 2. The van der Waals surface area contributed by atoms with Crippen molar-refractivity contribution in [3.05, 3.63) is 0 Å². The van der Waals surface area contributed by atoms with Crippen LogP contribution in [0, 0.1) is 0 Å². The second kappa shape index (κ2) is 6.11. The molecule has 0 spiro atoms. The predicted octanol–water partition coefficient (Wildman–Crippen LogP) is 0.968. The number of hydrogen-bond donors (Lipinski definition) is 2. The molecule has 0 saturated carbocycles. The van der Waals surface area contributed by atoms with E-state index in [1.807, 2.05) is 0 Å². The molecule has 0 amide bonds. The lowest BCUT2D eigenvalue weighted by molar-refractivity contribution is 0.110. The van der Waals surface area contributed by atoms with Crippen molar-refractivity contribution in [2.24, 2.45) is 0 Å². The van der Waals surface area contributed by atoms with Gasteiger partial charge in [-0.2, -0.15) is 0 Å². The van der Waals surface area contributed by atoms with Crippen molar-refractivity contribution >= 4 is 45.2 Å². The van der Waals surface area contributed by atoms with Gasteiger partial charge < -0.3 is 10.2 Å². The normalized spacial score (nSPS) is 17.3. The molecule has 0 aliphatic carbocycles. The molecule has 0 aromatic heterocycles. The lowest BCUT2D eigenvalue weighted by Gasteiger charge is -2.09. The highest BCUT2D eigenvalue weighted by Crippen LogP contribution is 2.03. The van der Waals surface area contributed by atoms with E-state index < -0.39 is 0 Å². The van der Waals surface area contributed by atoms with E-state index in [2.05, 4.69) is 45.2 Å². The van der Waals surface area contributed by atoms with Crippen LogP contribution >= 0.6 is 45.2 Å². The van der Waals surface area contributed by atoms with Gasteiger partial charge in [0, 0.05) is 15.3 Å². The van der Waals surface area contributed by atoms with Crippen LogP contribution in [0.1, 0.15) is 6.42 Å². The summed E-state index contributed by atoms with van der Waals surface area (Å²) >= 11 is 4.20. The Bertz CT molecular complexity index is 62.0. The molecule has 9 heavy (non-hydrogen) atoms. The SMILES string of the molecule is O[C@@H](CI)C[C@@H](O)CI. The third-order valence-corrected chi connectivity index (χ3v) is 2.93. The van der Waals surface area contributed by atoms with E-state index in [-0.39, 0.29) is 12.2 Å². The molecule has 0 fully saturated rings. The van der Waals surface area contributed by atoms with Gasteiger partial charge in [-0.05, 0) is 0 Å². The highest BCUT2D eigenvalue weighted by atomic mass is 127. The average Bonchev–Trinajstić information content (AvgIpc) is 1.87. The quantitative estimate of drug-likeness (QED) is 0.582. The van der Waals surface area contributed by atoms with Crippen LogP contribution in [0.2, 0.25) is 0 Å². The van der Waals surface area contributed by atoms with E-state index in [9.17, 15) is 0 Å². The molecule has 0 unspecified atom stereocenters. The Labute approximate surface area is 82.3 Å². The number of hydrogen-bond acceptors (Lipinski definition) is 2. The maximum atomic E-state index is 8.99. The predicted molar refractivity (Wildman–Crippen MR) is 54.4 cm³/mol. The Balaban J connectivity index is 3.22. The molecule has 2 nitrogen and oxygen atoms in total. The highest BCUT2D eigenvalue weighted by Gasteiger charge is 2.07. The van der Waals surface area contributed by atoms with Gasteiger partial charge in [-0.3, -0.25) is 0 Å². The molecule has 0 heterocycles. The van der Waals surface area contributed by atoms with Crippen LogP contribution in [0.25, 0.3) is 0 Å². The van der Waals surface area contributed by atoms with Crippen molar-refractivity contribution in [3.63, 3.8) is 0 Å². The van der Waals surface area contributed by atoms with Gasteiger partial charge in [-0.25, -0.2) is 0 Å². The van der Waals surface area contributed by atoms with E-state index >= 15 is 0 Å². The standard InChI is InChI=1S/C5H10I2O2/c6-2-4(8)1-5(9)3-7/h4-5,8-9H,1-3H2/t4-,5-/m1/s1. The number of aliphatic hydroxyl groups excluding tert-OH is 2. The van der Waals surface area contributed by atoms with Gasteiger partial charge in [-0.1, -0.05) is 45.2 Å². The Morgan fingerprint density at radius 1 is 1.00 bits per heavy atom. The van der Waals surface area contributed by atoms with Crippen molar-refractivity contribution in [2.75, 3.05) is 8.86 Å². The summed E-state index contributed by atoms with van der Waals surface area (Å²) in [5.74, 6) is 0. The van der Waals surface area contributed by atoms with Gasteiger partial charge in [-0.15, -0.1) is 0 Å². The third-order valence-electron chi connectivity index (χ3n) is 0.900.